The van der Waals surface area contributed by atoms with E-state index in [9.17, 15) is 23.3 Å². The summed E-state index contributed by atoms with van der Waals surface area (Å²) >= 11 is 0. The lowest BCUT2D eigenvalue weighted by Crippen LogP contribution is -2.39. The molecule has 0 fully saturated rings. The zero-order chi connectivity index (χ0) is 22.6. The summed E-state index contributed by atoms with van der Waals surface area (Å²) in [4.78, 5) is 23.1. The van der Waals surface area contributed by atoms with Crippen molar-refractivity contribution < 1.29 is 32.3 Å². The van der Waals surface area contributed by atoms with Gasteiger partial charge in [0.25, 0.3) is 5.69 Å². The average Bonchev–Trinajstić information content (AvgIpc) is 2.77. The summed E-state index contributed by atoms with van der Waals surface area (Å²) in [5, 5.41) is 13.5. The molecule has 31 heavy (non-hydrogen) atoms. The maximum absolute atomic E-state index is 12.7. The highest BCUT2D eigenvalue weighted by atomic mass is 32.2. The van der Waals surface area contributed by atoms with Crippen molar-refractivity contribution in [2.45, 2.75) is 6.92 Å². The smallest absolute Gasteiger partial charge is 0.271 e. The van der Waals surface area contributed by atoms with Crippen LogP contribution in [0, 0.1) is 10.1 Å². The van der Waals surface area contributed by atoms with Gasteiger partial charge >= 0.3 is 0 Å². The van der Waals surface area contributed by atoms with Crippen LogP contribution in [0.15, 0.2) is 36.4 Å². The van der Waals surface area contributed by atoms with Gasteiger partial charge in [0.15, 0.2) is 11.5 Å². The third kappa shape index (κ3) is 4.97. The molecule has 0 radical (unpaired) electrons. The van der Waals surface area contributed by atoms with Gasteiger partial charge < -0.3 is 19.5 Å². The monoisotopic (exact) mass is 451 g/mol. The number of anilines is 2. The number of fused-ring (bicyclic) bond motifs is 1. The number of hydrogen-bond acceptors (Lipinski definition) is 8. The van der Waals surface area contributed by atoms with Crippen LogP contribution in [0.3, 0.4) is 0 Å². The van der Waals surface area contributed by atoms with Gasteiger partial charge in [-0.25, -0.2) is 8.42 Å². The van der Waals surface area contributed by atoms with Crippen molar-refractivity contribution in [2.24, 2.45) is 0 Å². The number of nitro groups is 1. The van der Waals surface area contributed by atoms with Crippen LogP contribution in [0.4, 0.5) is 17.1 Å². The van der Waals surface area contributed by atoms with Crippen LogP contribution in [-0.2, 0) is 14.8 Å². The van der Waals surface area contributed by atoms with Gasteiger partial charge in [0, 0.05) is 18.2 Å². The first-order chi connectivity index (χ1) is 14.7. The van der Waals surface area contributed by atoms with Gasteiger partial charge in [0.1, 0.15) is 25.5 Å². The molecule has 12 heteroatoms. The third-order valence-corrected chi connectivity index (χ3v) is 6.21. The van der Waals surface area contributed by atoms with Gasteiger partial charge in [0.05, 0.1) is 29.2 Å². The van der Waals surface area contributed by atoms with Gasteiger partial charge in [-0.15, -0.1) is 0 Å². The zero-order valence-electron chi connectivity index (χ0n) is 16.9. The molecule has 0 spiro atoms. The Morgan fingerprint density at radius 3 is 2.55 bits per heavy atom. The molecule has 3 rings (SSSR count). The molecule has 0 saturated carbocycles. The maximum Gasteiger partial charge on any atom is 0.271 e. The predicted molar refractivity (Wildman–Crippen MR) is 113 cm³/mol. The number of nitro benzene ring substituents is 1. The minimum absolute atomic E-state index is 0.0534. The summed E-state index contributed by atoms with van der Waals surface area (Å²) in [5.41, 5.74) is 0.0333. The van der Waals surface area contributed by atoms with Crippen LogP contribution < -0.4 is 23.8 Å². The first-order valence-corrected chi connectivity index (χ1v) is 10.9. The molecule has 1 amide bonds. The van der Waals surface area contributed by atoms with Gasteiger partial charge in [-0.05, 0) is 25.1 Å². The lowest BCUT2D eigenvalue weighted by molar-refractivity contribution is -0.384. The molecular formula is C19H21N3O8S. The Morgan fingerprint density at radius 1 is 1.19 bits per heavy atom. The van der Waals surface area contributed by atoms with Crippen molar-refractivity contribution in [3.05, 3.63) is 46.5 Å². The second-order valence-corrected chi connectivity index (χ2v) is 8.61. The molecule has 1 aliphatic heterocycles. The van der Waals surface area contributed by atoms with Gasteiger partial charge in [-0.2, -0.15) is 0 Å². The lowest BCUT2D eigenvalue weighted by Gasteiger charge is -2.25. The first-order valence-electron chi connectivity index (χ1n) is 9.27. The van der Waals surface area contributed by atoms with E-state index in [1.165, 1.54) is 38.3 Å². The molecule has 2 aromatic carbocycles. The van der Waals surface area contributed by atoms with Crippen molar-refractivity contribution in [1.29, 1.82) is 0 Å². The number of carbonyl (C=O) groups excluding carboxylic acids is 1. The fraction of sp³-hybridized carbons (Fsp3) is 0.316. The maximum atomic E-state index is 12.7. The Kier molecular flexibility index (Phi) is 6.49. The fourth-order valence-corrected chi connectivity index (χ4v) is 3.98. The van der Waals surface area contributed by atoms with E-state index in [1.54, 1.807) is 6.07 Å². The summed E-state index contributed by atoms with van der Waals surface area (Å²) < 4.78 is 42.4. The number of carbonyl (C=O) groups is 1. The number of nitrogens with one attached hydrogen (secondary N) is 1. The van der Waals surface area contributed by atoms with Crippen LogP contribution in [0.25, 0.3) is 0 Å². The summed E-state index contributed by atoms with van der Waals surface area (Å²) in [6.45, 7) is 1.62. The highest BCUT2D eigenvalue weighted by Gasteiger charge is 2.26. The van der Waals surface area contributed by atoms with Crippen LogP contribution in [0.1, 0.15) is 6.92 Å². The van der Waals surface area contributed by atoms with Gasteiger partial charge in [-0.3, -0.25) is 19.2 Å². The standard InChI is InChI=1S/C19H21N3O8S/c1-3-31(26,27)21(13-4-7-17-18(11-13)30-9-8-29-17)12-19(23)20-15-10-14(22(24)25)5-6-16(15)28-2/h4-7,10-11H,3,8-9,12H2,1-2H3,(H,20,23). The van der Waals surface area contributed by atoms with E-state index in [1.807, 2.05) is 0 Å². The van der Waals surface area contributed by atoms with E-state index in [-0.39, 0.29) is 28.6 Å². The molecule has 0 atom stereocenters. The second kappa shape index (κ2) is 9.08. The molecule has 11 nitrogen and oxygen atoms in total. The zero-order valence-corrected chi connectivity index (χ0v) is 17.7. The summed E-state index contributed by atoms with van der Waals surface area (Å²) in [6, 6.07) is 8.29. The Labute approximate surface area is 178 Å². The number of non-ortho nitro benzene ring substituents is 1. The van der Waals surface area contributed by atoms with E-state index in [0.29, 0.717) is 24.7 Å². The van der Waals surface area contributed by atoms with Crippen molar-refractivity contribution in [2.75, 3.05) is 42.2 Å². The molecule has 0 unspecified atom stereocenters. The van der Waals surface area contributed by atoms with Crippen LogP contribution in [0.5, 0.6) is 17.2 Å². The van der Waals surface area contributed by atoms with E-state index < -0.39 is 27.4 Å². The average molecular weight is 451 g/mol. The van der Waals surface area contributed by atoms with E-state index in [2.05, 4.69) is 5.32 Å². The quantitative estimate of drug-likeness (QED) is 0.476. The van der Waals surface area contributed by atoms with Gasteiger partial charge in [0.2, 0.25) is 15.9 Å². The Bertz CT molecular complexity index is 1100. The number of rotatable bonds is 8. The van der Waals surface area contributed by atoms with E-state index in [4.69, 9.17) is 14.2 Å². The Balaban J connectivity index is 1.88. The first kappa shape index (κ1) is 22.2. The second-order valence-electron chi connectivity index (χ2n) is 6.43. The molecule has 1 heterocycles. The Hall–Kier alpha value is -3.54. The summed E-state index contributed by atoms with van der Waals surface area (Å²) in [5.74, 6) is 0.110. The van der Waals surface area contributed by atoms with Crippen molar-refractivity contribution in [1.82, 2.24) is 0 Å². The molecule has 0 saturated heterocycles. The highest BCUT2D eigenvalue weighted by molar-refractivity contribution is 7.92. The summed E-state index contributed by atoms with van der Waals surface area (Å²) in [7, 11) is -2.48. The number of sulfonamides is 1. The number of nitrogens with zero attached hydrogens (tertiary/aromatic N) is 2. The minimum atomic E-state index is -3.83. The summed E-state index contributed by atoms with van der Waals surface area (Å²) in [6.07, 6.45) is 0. The number of benzene rings is 2. The fourth-order valence-electron chi connectivity index (χ4n) is 2.92. The number of amides is 1. The molecule has 166 valence electrons. The van der Waals surface area contributed by atoms with Crippen molar-refractivity contribution in [3.8, 4) is 17.2 Å². The Morgan fingerprint density at radius 2 is 1.90 bits per heavy atom. The topological polar surface area (TPSA) is 137 Å². The number of methoxy groups -OCH3 is 1. The minimum Gasteiger partial charge on any atom is -0.495 e. The van der Waals surface area contributed by atoms with Crippen LogP contribution in [0.2, 0.25) is 0 Å². The largest absolute Gasteiger partial charge is 0.495 e. The molecule has 0 bridgehead atoms. The van der Waals surface area contributed by atoms with Crippen LogP contribution >= 0.6 is 0 Å². The predicted octanol–water partition coefficient (Wildman–Crippen LogP) is 2.17. The molecule has 1 N–H and O–H groups in total. The SMILES string of the molecule is CCS(=O)(=O)N(CC(=O)Nc1cc([N+](=O)[O-])ccc1OC)c1ccc2c(c1)OCCO2. The number of hydrogen-bond donors (Lipinski definition) is 1. The normalized spacial score (nSPS) is 12.7. The molecule has 0 aliphatic carbocycles. The lowest BCUT2D eigenvalue weighted by atomic mass is 10.2. The highest BCUT2D eigenvalue weighted by Crippen LogP contribution is 2.35. The molecule has 0 aromatic heterocycles. The third-order valence-electron chi connectivity index (χ3n) is 4.47. The number of ether oxygens (including phenoxy) is 3. The molecule has 1 aliphatic rings. The van der Waals surface area contributed by atoms with E-state index in [0.717, 1.165) is 10.4 Å². The molecule has 2 aromatic rings. The molecular weight excluding hydrogens is 430 g/mol. The van der Waals surface area contributed by atoms with Crippen LogP contribution in [-0.4, -0.2) is 51.9 Å². The van der Waals surface area contributed by atoms with Crippen molar-refractivity contribution >= 4 is 33.0 Å². The van der Waals surface area contributed by atoms with E-state index >= 15 is 0 Å². The van der Waals surface area contributed by atoms with Gasteiger partial charge in [-0.1, -0.05) is 0 Å². The van der Waals surface area contributed by atoms with Crippen molar-refractivity contribution in [3.63, 3.8) is 0 Å².